The van der Waals surface area contributed by atoms with E-state index >= 15 is 0 Å². The lowest BCUT2D eigenvalue weighted by Crippen LogP contribution is -2.13. The van der Waals surface area contributed by atoms with Gasteiger partial charge in [-0.05, 0) is 5.92 Å². The van der Waals surface area contributed by atoms with E-state index in [1.54, 1.807) is 33.0 Å². The number of hydrogen-bond acceptors (Lipinski definition) is 0. The van der Waals surface area contributed by atoms with Crippen LogP contribution in [0.4, 0.5) is 0 Å². The van der Waals surface area contributed by atoms with E-state index in [0.29, 0.717) is 0 Å². The fourth-order valence-corrected chi connectivity index (χ4v) is 6.11. The second kappa shape index (κ2) is 15.9. The van der Waals surface area contributed by atoms with Crippen LogP contribution in [0.2, 0.25) is 17.5 Å². The molecule has 162 valence electrons. The van der Waals surface area contributed by atoms with Gasteiger partial charge in [-0.2, -0.15) is 0 Å². The van der Waals surface area contributed by atoms with Crippen LogP contribution in [0.25, 0.3) is 0 Å². The quantitative estimate of drug-likeness (QED) is 0.419. The SMILES string of the molecule is B[C@@H]1CCCCCC[C@H](B[C@H]2CCCCCC[C@@H](C)CCCCCC2)CCC1. The highest BCUT2D eigenvalue weighted by molar-refractivity contribution is 6.39. The summed E-state index contributed by atoms with van der Waals surface area (Å²) in [6.45, 7) is 2.49. The molecule has 0 amide bonds. The second-order valence-corrected chi connectivity index (χ2v) is 11.1. The summed E-state index contributed by atoms with van der Waals surface area (Å²) < 4.78 is 0. The average Bonchev–Trinajstić information content (AvgIpc) is 2.72. The Labute approximate surface area is 180 Å². The highest BCUT2D eigenvalue weighted by Gasteiger charge is 2.19. The first-order chi connectivity index (χ1) is 13.7. The van der Waals surface area contributed by atoms with Crippen molar-refractivity contribution in [3.63, 3.8) is 0 Å². The molecule has 2 aliphatic rings. The first-order valence-corrected chi connectivity index (χ1v) is 13.7. The summed E-state index contributed by atoms with van der Waals surface area (Å²) >= 11 is 0. The standard InChI is InChI=1S/C26H52B2/c1-23-15-8-2-5-11-19-25(20-12-6-3-9-16-23)28-26-21-13-7-4-10-17-24(27)18-14-22-26/h23-26,28H,2-22,27H2,1H3/t23-,24-,25+,26+/m1/s1. The van der Waals surface area contributed by atoms with Crippen molar-refractivity contribution >= 4 is 15.1 Å². The van der Waals surface area contributed by atoms with E-state index in [1.165, 1.54) is 109 Å². The van der Waals surface area contributed by atoms with E-state index in [4.69, 9.17) is 0 Å². The molecule has 2 atom stereocenters. The summed E-state index contributed by atoms with van der Waals surface area (Å²) in [6.07, 6.45) is 31.7. The van der Waals surface area contributed by atoms with Crippen LogP contribution < -0.4 is 0 Å². The largest absolute Gasteiger partial charge is 0.127 e. The highest BCUT2D eigenvalue weighted by Crippen LogP contribution is 2.34. The summed E-state index contributed by atoms with van der Waals surface area (Å²) in [7, 11) is 4.08. The van der Waals surface area contributed by atoms with Crippen LogP contribution in [0.1, 0.15) is 142 Å². The van der Waals surface area contributed by atoms with Gasteiger partial charge in [-0.15, -0.1) is 0 Å². The van der Waals surface area contributed by atoms with E-state index < -0.39 is 0 Å². The van der Waals surface area contributed by atoms with E-state index in [-0.39, 0.29) is 0 Å². The normalized spacial score (nSPS) is 33.9. The van der Waals surface area contributed by atoms with Crippen LogP contribution >= 0.6 is 0 Å². The lowest BCUT2D eigenvalue weighted by atomic mass is 9.50. The Kier molecular flexibility index (Phi) is 13.9. The molecule has 0 bridgehead atoms. The fourth-order valence-electron chi connectivity index (χ4n) is 6.11. The van der Waals surface area contributed by atoms with Crippen molar-refractivity contribution in [1.29, 1.82) is 0 Å². The molecule has 0 spiro atoms. The summed E-state index contributed by atoms with van der Waals surface area (Å²) in [5, 5.41) is 0. The molecule has 0 saturated heterocycles. The zero-order chi connectivity index (χ0) is 19.9. The van der Waals surface area contributed by atoms with Crippen LogP contribution in [0.5, 0.6) is 0 Å². The summed E-state index contributed by atoms with van der Waals surface area (Å²) in [6, 6.07) is 0. The molecule has 0 unspecified atom stereocenters. The molecule has 0 aromatic carbocycles. The van der Waals surface area contributed by atoms with Gasteiger partial charge in [0.1, 0.15) is 15.1 Å². The predicted molar refractivity (Wildman–Crippen MR) is 133 cm³/mol. The van der Waals surface area contributed by atoms with Gasteiger partial charge < -0.3 is 0 Å². The van der Waals surface area contributed by atoms with Crippen molar-refractivity contribution in [2.45, 2.75) is 159 Å². The molecular weight excluding hydrogens is 334 g/mol. The summed E-state index contributed by atoms with van der Waals surface area (Å²) in [5.74, 6) is 4.07. The molecule has 0 aromatic rings. The third-order valence-electron chi connectivity index (χ3n) is 8.15. The molecule has 2 saturated carbocycles. The van der Waals surface area contributed by atoms with Gasteiger partial charge in [-0.3, -0.25) is 0 Å². The van der Waals surface area contributed by atoms with E-state index in [9.17, 15) is 0 Å². The van der Waals surface area contributed by atoms with Crippen molar-refractivity contribution in [2.24, 2.45) is 5.92 Å². The van der Waals surface area contributed by atoms with E-state index in [0.717, 1.165) is 23.4 Å². The van der Waals surface area contributed by atoms with Gasteiger partial charge in [0.25, 0.3) is 0 Å². The molecule has 0 nitrogen and oxygen atoms in total. The smallest absolute Gasteiger partial charge is 0.0697 e. The van der Waals surface area contributed by atoms with Gasteiger partial charge in [-0.1, -0.05) is 159 Å². The lowest BCUT2D eigenvalue weighted by molar-refractivity contribution is 0.423. The molecule has 0 aromatic heterocycles. The number of hydrogen-bond donors (Lipinski definition) is 0. The minimum absolute atomic E-state index is 0.982. The molecule has 0 aliphatic heterocycles. The monoisotopic (exact) mass is 386 g/mol. The third kappa shape index (κ3) is 12.0. The highest BCUT2D eigenvalue weighted by atomic mass is 14.1. The fraction of sp³-hybridized carbons (Fsp3) is 1.00. The maximum absolute atomic E-state index is 2.51. The van der Waals surface area contributed by atoms with Gasteiger partial charge in [0.2, 0.25) is 0 Å². The van der Waals surface area contributed by atoms with Crippen LogP contribution in [0.15, 0.2) is 0 Å². The minimum Gasteiger partial charge on any atom is -0.0697 e. The molecule has 2 rings (SSSR count). The summed E-state index contributed by atoms with van der Waals surface area (Å²) in [4.78, 5) is 0. The van der Waals surface area contributed by atoms with Gasteiger partial charge in [-0.25, -0.2) is 0 Å². The maximum Gasteiger partial charge on any atom is 0.127 e. The van der Waals surface area contributed by atoms with Crippen molar-refractivity contribution in [2.75, 3.05) is 0 Å². The first kappa shape index (κ1) is 24.4. The van der Waals surface area contributed by atoms with Crippen LogP contribution in [-0.2, 0) is 0 Å². The van der Waals surface area contributed by atoms with E-state index in [1.807, 2.05) is 0 Å². The zero-order valence-corrected chi connectivity index (χ0v) is 19.9. The van der Waals surface area contributed by atoms with Gasteiger partial charge >= 0.3 is 0 Å². The Balaban J connectivity index is 1.79. The Bertz CT molecular complexity index is 340. The van der Waals surface area contributed by atoms with E-state index in [2.05, 4.69) is 14.8 Å². The van der Waals surface area contributed by atoms with Crippen LogP contribution in [0.3, 0.4) is 0 Å². The molecule has 0 heterocycles. The van der Waals surface area contributed by atoms with Crippen molar-refractivity contribution in [3.05, 3.63) is 0 Å². The number of rotatable bonds is 2. The maximum atomic E-state index is 2.51. The summed E-state index contributed by atoms with van der Waals surface area (Å²) in [5.41, 5.74) is 0. The Hall–Kier alpha value is 0.130. The molecule has 2 fully saturated rings. The molecule has 2 aliphatic carbocycles. The molecule has 0 radical (unpaired) electrons. The Morgan fingerprint density at radius 3 is 1.32 bits per heavy atom. The van der Waals surface area contributed by atoms with Crippen molar-refractivity contribution in [1.82, 2.24) is 0 Å². The van der Waals surface area contributed by atoms with Crippen molar-refractivity contribution in [3.8, 4) is 0 Å². The van der Waals surface area contributed by atoms with Gasteiger partial charge in [0.05, 0.1) is 0 Å². The molecule has 2 heteroatoms. The minimum atomic E-state index is 0.982. The molecular formula is C26H52B2. The Morgan fingerprint density at radius 2 is 0.821 bits per heavy atom. The van der Waals surface area contributed by atoms with Crippen molar-refractivity contribution < 1.29 is 0 Å². The van der Waals surface area contributed by atoms with Gasteiger partial charge in [0.15, 0.2) is 0 Å². The second-order valence-electron chi connectivity index (χ2n) is 11.1. The Morgan fingerprint density at radius 1 is 0.464 bits per heavy atom. The first-order valence-electron chi connectivity index (χ1n) is 13.7. The predicted octanol–water partition coefficient (Wildman–Crippen LogP) is 8.28. The third-order valence-corrected chi connectivity index (χ3v) is 8.15. The van der Waals surface area contributed by atoms with Gasteiger partial charge in [0, 0.05) is 0 Å². The molecule has 28 heavy (non-hydrogen) atoms. The van der Waals surface area contributed by atoms with Crippen LogP contribution in [-0.4, -0.2) is 15.1 Å². The van der Waals surface area contributed by atoms with Crippen LogP contribution in [0, 0.1) is 5.92 Å². The topological polar surface area (TPSA) is 0 Å². The zero-order valence-electron chi connectivity index (χ0n) is 19.9. The lowest BCUT2D eigenvalue weighted by Gasteiger charge is -2.23. The average molecular weight is 386 g/mol. The molecule has 0 N–H and O–H groups in total.